The third-order valence-corrected chi connectivity index (χ3v) is 12.0. The molecule has 0 spiro atoms. The van der Waals surface area contributed by atoms with E-state index in [1.807, 2.05) is 108 Å². The number of aromatic amines is 2. The summed E-state index contributed by atoms with van der Waals surface area (Å²) in [6.07, 6.45) is 0. The summed E-state index contributed by atoms with van der Waals surface area (Å²) in [5, 5.41) is 40.3. The van der Waals surface area contributed by atoms with Crippen LogP contribution in [0.3, 0.4) is 0 Å². The van der Waals surface area contributed by atoms with Gasteiger partial charge in [0.2, 0.25) is 34.4 Å². The summed E-state index contributed by atoms with van der Waals surface area (Å²) < 4.78 is 43.3. The molecule has 0 aliphatic heterocycles. The highest BCUT2D eigenvalue weighted by molar-refractivity contribution is 7.79. The van der Waals surface area contributed by atoms with E-state index < -0.39 is 68.0 Å². The number of nitrogens with two attached hydrogens (primary N) is 2. The van der Waals surface area contributed by atoms with Crippen LogP contribution in [0.1, 0.15) is 20.7 Å². The zero-order valence-electron chi connectivity index (χ0n) is 44.1. The Morgan fingerprint density at radius 3 is 1.07 bits per heavy atom. The van der Waals surface area contributed by atoms with E-state index in [-0.39, 0.29) is 45.0 Å². The summed E-state index contributed by atoms with van der Waals surface area (Å²) in [7, 11) is -0.999. The number of fused-ring (bicyclic) bond motifs is 2. The van der Waals surface area contributed by atoms with Gasteiger partial charge in [0.1, 0.15) is 34.5 Å². The standard InChI is InChI=1S/C36H22N8O5.C16H12O5P2.C4H6N4O2.H2O4S/c45-33-29-31(41-35(47)43-33)39-27(25(37-29)19-7-3-1-4-8-19)21-11-15-23(16-12-21)49-24-17-13-22(14-18-24)28-26(20-9-5-2-6-10-20)38-30-32(40-28)42-36(48)44-34(30)46;17-13(15(19)22)9-1-5-11(6-2-9)21-12-7-3-10(4-8-12)14(18)16(20)23;5-1-2(6)7-4(10)8-3(1)9;1-5(2,3)4/h1-18H,(H2,39,41,43,45,47)(H2,40,42,44,46,48);1-8H,22-23H2;5H2,(H4,6,7,8,9,10);(H2,1,2,3,4). The number of hydrogen-bond donors (Lipinski definition) is 10. The van der Waals surface area contributed by atoms with E-state index in [9.17, 15) is 49.2 Å². The predicted octanol–water partition coefficient (Wildman–Crippen LogP) is 6.66. The molecule has 5 aromatic heterocycles. The summed E-state index contributed by atoms with van der Waals surface area (Å²) in [6, 6.07) is 44.3. The van der Waals surface area contributed by atoms with Crippen LogP contribution in [-0.2, 0) is 20.0 Å². The maximum atomic E-state index is 11.5. The predicted molar refractivity (Wildman–Crippen MR) is 320 cm³/mol. The minimum atomic E-state index is -4.67. The Morgan fingerprint density at radius 1 is 0.437 bits per heavy atom. The Labute approximate surface area is 492 Å². The summed E-state index contributed by atoms with van der Waals surface area (Å²) in [5.41, 5.74) is 13.3. The number of anilines is 2. The van der Waals surface area contributed by atoms with Crippen LogP contribution < -0.4 is 32.2 Å². The molecule has 0 fully saturated rings. The molecular weight excluding hydrogens is 1190 g/mol. The Kier molecular flexibility index (Phi) is 19.1. The van der Waals surface area contributed by atoms with Crippen molar-refractivity contribution in [3.8, 4) is 91.8 Å². The average molecular weight is 1230 g/mol. The largest absolute Gasteiger partial charge is 0.492 e. The molecule has 0 aliphatic rings. The number of rotatable bonds is 12. The SMILES string of the molecule is Nc1[nH]c(=O)[nH]c(=O)c1N.O=C(P)C(=O)c1ccc(Oc2ccc(C(=O)C(=O)P)cc2)cc1.O=S(=O)(O)O.Oc1nc(O)c2nc(-c3ccccc3)c(-c3ccc(Oc4ccc(-c5nc6nc(O)nc(O)c6nc5-c5ccccc5)cc4)cc3)nc2n1. The van der Waals surface area contributed by atoms with E-state index in [2.05, 4.69) is 44.9 Å². The molecule has 0 saturated carbocycles. The van der Waals surface area contributed by atoms with Gasteiger partial charge in [-0.05, 0) is 97.1 Å². The van der Waals surface area contributed by atoms with Gasteiger partial charge in [-0.15, -0.1) is 0 Å². The highest BCUT2D eigenvalue weighted by atomic mass is 32.3. The van der Waals surface area contributed by atoms with Crippen LogP contribution in [-0.4, -0.2) is 110 Å². The molecule has 31 heteroatoms. The molecule has 6 aromatic carbocycles. The maximum Gasteiger partial charge on any atom is 0.394 e. The molecule has 11 rings (SSSR count). The normalized spacial score (nSPS) is 10.7. The van der Waals surface area contributed by atoms with Crippen molar-refractivity contribution < 1.29 is 66.6 Å². The fourth-order valence-electron chi connectivity index (χ4n) is 7.62. The number of ether oxygens (including phenoxy) is 2. The maximum absolute atomic E-state index is 11.5. The first kappa shape index (κ1) is 61.7. The van der Waals surface area contributed by atoms with E-state index in [1.54, 1.807) is 48.5 Å². The molecule has 0 saturated heterocycles. The van der Waals surface area contributed by atoms with E-state index in [1.165, 1.54) is 24.3 Å². The number of benzene rings is 6. The second-order valence-electron chi connectivity index (χ2n) is 17.5. The summed E-state index contributed by atoms with van der Waals surface area (Å²) >= 11 is 0. The van der Waals surface area contributed by atoms with Gasteiger partial charge in [-0.3, -0.25) is 43.0 Å². The number of aromatic hydroxyl groups is 4. The minimum Gasteiger partial charge on any atom is -0.492 e. The minimum absolute atomic E-state index is 0.0488. The van der Waals surface area contributed by atoms with Gasteiger partial charge in [0.15, 0.2) is 22.3 Å². The number of hydrogen-bond acceptors (Lipinski definition) is 24. The number of nitrogens with one attached hydrogen (secondary N) is 2. The number of carbonyl (C=O) groups excluding carboxylic acids is 4. The molecule has 5 heterocycles. The van der Waals surface area contributed by atoms with E-state index in [0.29, 0.717) is 56.9 Å². The fourth-order valence-corrected chi connectivity index (χ4v) is 7.95. The van der Waals surface area contributed by atoms with Crippen LogP contribution >= 0.6 is 18.5 Å². The molecule has 2 unspecified atom stereocenters. The van der Waals surface area contributed by atoms with Crippen molar-refractivity contribution in [2.45, 2.75) is 0 Å². The number of Topliss-reactive ketones (excluding diaryl/α,β-unsaturated/α-hetero) is 2. The second kappa shape index (κ2) is 26.9. The number of nitrogen functional groups attached to an aromatic ring is 2. The molecule has 438 valence electrons. The third kappa shape index (κ3) is 16.1. The zero-order chi connectivity index (χ0) is 62.7. The molecule has 0 aliphatic carbocycles. The van der Waals surface area contributed by atoms with Gasteiger partial charge in [-0.1, -0.05) is 79.1 Å². The molecule has 28 nitrogen and oxygen atoms in total. The molecule has 0 bridgehead atoms. The van der Waals surface area contributed by atoms with Gasteiger partial charge in [0.05, 0.1) is 22.8 Å². The van der Waals surface area contributed by atoms with E-state index in [4.69, 9.17) is 38.5 Å². The Balaban J connectivity index is 0.000000212. The third-order valence-electron chi connectivity index (χ3n) is 11.5. The molecule has 2 atom stereocenters. The van der Waals surface area contributed by atoms with Crippen LogP contribution in [0.2, 0.25) is 0 Å². The van der Waals surface area contributed by atoms with Crippen molar-refractivity contribution in [3.63, 3.8) is 0 Å². The van der Waals surface area contributed by atoms with Crippen LogP contribution in [0, 0.1) is 0 Å². The lowest BCUT2D eigenvalue weighted by Crippen LogP contribution is -2.26. The van der Waals surface area contributed by atoms with Crippen molar-refractivity contribution in [1.29, 1.82) is 0 Å². The first-order valence-corrected chi connectivity index (χ1v) is 27.0. The number of aromatic nitrogens is 10. The molecule has 11 aromatic rings. The van der Waals surface area contributed by atoms with Gasteiger partial charge in [0.25, 0.3) is 5.56 Å². The monoisotopic (exact) mass is 1230 g/mol. The van der Waals surface area contributed by atoms with Crippen LogP contribution in [0.15, 0.2) is 167 Å². The zero-order valence-corrected chi connectivity index (χ0v) is 47.2. The van der Waals surface area contributed by atoms with Crippen LogP contribution in [0.4, 0.5) is 11.5 Å². The Morgan fingerprint density at radius 2 is 0.747 bits per heavy atom. The first-order chi connectivity index (χ1) is 41.4. The molecule has 0 radical (unpaired) electrons. The van der Waals surface area contributed by atoms with Crippen molar-refractivity contribution in [1.82, 2.24) is 49.8 Å². The quantitative estimate of drug-likeness (QED) is 0.0264. The summed E-state index contributed by atoms with van der Waals surface area (Å²) in [5.74, 6) is -0.163. The van der Waals surface area contributed by atoms with Crippen molar-refractivity contribution in [2.75, 3.05) is 11.5 Å². The van der Waals surface area contributed by atoms with Gasteiger partial charge >= 0.3 is 28.1 Å². The smallest absolute Gasteiger partial charge is 0.394 e. The highest BCUT2D eigenvalue weighted by Gasteiger charge is 2.21. The Bertz CT molecular complexity index is 4400. The fraction of sp³-hybridized carbons (Fsp3) is 0. The summed E-state index contributed by atoms with van der Waals surface area (Å²) in [6.45, 7) is 0. The second-order valence-corrected chi connectivity index (χ2v) is 19.4. The lowest BCUT2D eigenvalue weighted by Gasteiger charge is -2.12. The van der Waals surface area contributed by atoms with Crippen molar-refractivity contribution in [2.24, 2.45) is 0 Å². The van der Waals surface area contributed by atoms with Crippen LogP contribution in [0.5, 0.6) is 46.8 Å². The van der Waals surface area contributed by atoms with Gasteiger partial charge in [-0.25, -0.2) is 24.7 Å². The molecular formula is C56H42N12O16P2S. The van der Waals surface area contributed by atoms with Crippen molar-refractivity contribution in [3.05, 3.63) is 190 Å². The molecule has 87 heavy (non-hydrogen) atoms. The van der Waals surface area contributed by atoms with E-state index in [0.717, 1.165) is 11.1 Å². The van der Waals surface area contributed by atoms with Gasteiger partial charge in [0, 0.05) is 33.4 Å². The number of nitrogens with zero attached hydrogens (tertiary/aromatic N) is 8. The molecule has 12 N–H and O–H groups in total. The first-order valence-electron chi connectivity index (χ1n) is 24.5. The lowest BCUT2D eigenvalue weighted by molar-refractivity contribution is -0.108. The molecule has 0 amide bonds. The van der Waals surface area contributed by atoms with Crippen molar-refractivity contribution >= 4 is 85.3 Å². The van der Waals surface area contributed by atoms with Crippen LogP contribution in [0.25, 0.3) is 67.4 Å². The number of carbonyl (C=O) groups is 4. The van der Waals surface area contributed by atoms with E-state index >= 15 is 0 Å². The lowest BCUT2D eigenvalue weighted by atomic mass is 10.0. The summed E-state index contributed by atoms with van der Waals surface area (Å²) in [4.78, 5) is 104. The topological polar surface area (TPSA) is 463 Å². The number of ketones is 2. The van der Waals surface area contributed by atoms with Gasteiger partial charge < -0.3 is 41.4 Å². The van der Waals surface area contributed by atoms with Gasteiger partial charge in [-0.2, -0.15) is 28.4 Å². The average Bonchev–Trinajstić information content (AvgIpc) is 1.64. The highest BCUT2D eigenvalue weighted by Crippen LogP contribution is 2.37. The Hall–Kier alpha value is -11.4. The number of H-pyrrole nitrogens is 2.